The van der Waals surface area contributed by atoms with Crippen LogP contribution in [0.15, 0.2) is 42.5 Å². The number of aliphatic hydroxyl groups is 1. The number of hydrogen-bond acceptors (Lipinski definition) is 4. The number of piperidine rings is 1. The van der Waals surface area contributed by atoms with E-state index in [9.17, 15) is 14.3 Å². The third kappa shape index (κ3) is 8.31. The maximum absolute atomic E-state index is 14.5. The van der Waals surface area contributed by atoms with E-state index in [0.717, 1.165) is 17.5 Å². The van der Waals surface area contributed by atoms with Crippen molar-refractivity contribution in [1.82, 2.24) is 10.6 Å². The van der Waals surface area contributed by atoms with E-state index in [4.69, 9.17) is 0 Å². The van der Waals surface area contributed by atoms with Gasteiger partial charge in [0, 0.05) is 12.1 Å². The number of nitrogens with one attached hydrogen (secondary N) is 2. The van der Waals surface area contributed by atoms with Crippen LogP contribution in [0.5, 0.6) is 0 Å². The van der Waals surface area contributed by atoms with Crippen LogP contribution in [-0.2, 0) is 11.2 Å². The minimum Gasteiger partial charge on any atom is -0.453 e. The minimum absolute atomic E-state index is 0.350. The van der Waals surface area contributed by atoms with Crippen molar-refractivity contribution in [3.05, 3.63) is 59.4 Å². The Labute approximate surface area is 185 Å². The largest absolute Gasteiger partial charge is 0.453 e. The Morgan fingerprint density at radius 1 is 1.19 bits per heavy atom. The number of amides is 1. The molecule has 1 aliphatic rings. The summed E-state index contributed by atoms with van der Waals surface area (Å²) in [6, 6.07) is 12.5. The summed E-state index contributed by atoms with van der Waals surface area (Å²) < 4.78 is 19.0. The molecule has 0 aliphatic carbocycles. The second-order valence-electron chi connectivity index (χ2n) is 7.65. The van der Waals surface area contributed by atoms with Gasteiger partial charge in [0.1, 0.15) is 5.82 Å². The zero-order valence-electron chi connectivity index (χ0n) is 18.6. The highest BCUT2D eigenvalue weighted by atomic mass is 19.1. The van der Waals surface area contributed by atoms with Crippen molar-refractivity contribution in [1.29, 1.82) is 0 Å². The van der Waals surface area contributed by atoms with Gasteiger partial charge in [-0.3, -0.25) is 0 Å². The fraction of sp³-hybridized carbons (Fsp3) is 0.480. The van der Waals surface area contributed by atoms with Crippen LogP contribution in [0.4, 0.5) is 9.18 Å². The lowest BCUT2D eigenvalue weighted by atomic mass is 9.92. The third-order valence-corrected chi connectivity index (χ3v) is 5.34. The second-order valence-corrected chi connectivity index (χ2v) is 7.65. The highest BCUT2D eigenvalue weighted by Crippen LogP contribution is 2.33. The van der Waals surface area contributed by atoms with E-state index in [1.807, 2.05) is 31.2 Å². The zero-order chi connectivity index (χ0) is 22.5. The predicted octanol–water partition coefficient (Wildman–Crippen LogP) is 4.98. The minimum atomic E-state index is -0.810. The lowest BCUT2D eigenvalue weighted by Crippen LogP contribution is -2.24. The highest BCUT2D eigenvalue weighted by Gasteiger charge is 2.17. The number of rotatable bonds is 7. The van der Waals surface area contributed by atoms with Crippen molar-refractivity contribution >= 4 is 6.09 Å². The number of benzene rings is 2. The van der Waals surface area contributed by atoms with Crippen LogP contribution in [0.1, 0.15) is 56.3 Å². The van der Waals surface area contributed by atoms with Crippen LogP contribution >= 0.6 is 0 Å². The molecule has 31 heavy (non-hydrogen) atoms. The number of aryl methyl sites for hydroxylation is 1. The first-order valence-electron chi connectivity index (χ1n) is 11.1. The Balaban J connectivity index is 0.000000488. The molecule has 6 heteroatoms. The fourth-order valence-electron chi connectivity index (χ4n) is 3.59. The van der Waals surface area contributed by atoms with Gasteiger partial charge in [0.05, 0.1) is 13.2 Å². The molecule has 1 saturated heterocycles. The third-order valence-electron chi connectivity index (χ3n) is 5.34. The van der Waals surface area contributed by atoms with Gasteiger partial charge >= 0.3 is 6.09 Å². The van der Waals surface area contributed by atoms with Crippen LogP contribution in [0, 0.1) is 5.82 Å². The standard InChI is InChI=1S/C20H24FNO3.C5H11N/c1-3-14-7-4-8-15(13-14)19-16(9-5-10-17(19)21)18(23)11-6-12-22-20(24)25-2;1-2-4-6-5-3-1/h4-5,7-10,13,18,23H,3,6,11-12H2,1-2H3,(H,22,24);6H,1-5H2. The van der Waals surface area contributed by atoms with Gasteiger partial charge in [-0.05, 0) is 68.0 Å². The maximum Gasteiger partial charge on any atom is 0.406 e. The van der Waals surface area contributed by atoms with Crippen molar-refractivity contribution in [2.45, 2.75) is 51.6 Å². The van der Waals surface area contributed by atoms with E-state index in [-0.39, 0.29) is 5.82 Å². The summed E-state index contributed by atoms with van der Waals surface area (Å²) >= 11 is 0. The maximum atomic E-state index is 14.5. The number of carbonyl (C=O) groups is 1. The molecule has 0 bridgehead atoms. The number of carbonyl (C=O) groups excluding carboxylic acids is 1. The fourth-order valence-corrected chi connectivity index (χ4v) is 3.59. The summed E-state index contributed by atoms with van der Waals surface area (Å²) in [7, 11) is 1.30. The van der Waals surface area contributed by atoms with E-state index in [1.54, 1.807) is 12.1 Å². The van der Waals surface area contributed by atoms with Gasteiger partial charge in [-0.2, -0.15) is 0 Å². The average Bonchev–Trinajstić information content (AvgIpc) is 2.82. The number of halogens is 1. The first-order valence-corrected chi connectivity index (χ1v) is 11.1. The molecule has 0 saturated carbocycles. The van der Waals surface area contributed by atoms with E-state index in [2.05, 4.69) is 15.4 Å². The van der Waals surface area contributed by atoms with Gasteiger partial charge in [-0.15, -0.1) is 0 Å². The first kappa shape index (κ1) is 24.8. The van der Waals surface area contributed by atoms with Gasteiger partial charge in [-0.1, -0.05) is 49.7 Å². The Morgan fingerprint density at radius 3 is 2.55 bits per heavy atom. The normalized spacial score (nSPS) is 14.2. The lowest BCUT2D eigenvalue weighted by Gasteiger charge is -2.17. The Hall–Kier alpha value is -2.44. The van der Waals surface area contributed by atoms with Crippen LogP contribution in [0.2, 0.25) is 0 Å². The molecule has 1 heterocycles. The average molecular weight is 431 g/mol. The summed E-state index contributed by atoms with van der Waals surface area (Å²) in [4.78, 5) is 11.0. The molecule has 3 rings (SSSR count). The van der Waals surface area contributed by atoms with Crippen LogP contribution in [0.25, 0.3) is 11.1 Å². The SMILES string of the molecule is C1CCNCC1.CCc1cccc(-c2c(F)cccc2C(O)CCCNC(=O)OC)c1. The summed E-state index contributed by atoms with van der Waals surface area (Å²) in [5.41, 5.74) is 2.88. The van der Waals surface area contributed by atoms with Crippen LogP contribution in [0.3, 0.4) is 0 Å². The van der Waals surface area contributed by atoms with Gasteiger partial charge in [0.25, 0.3) is 0 Å². The monoisotopic (exact) mass is 430 g/mol. The summed E-state index contributed by atoms with van der Waals surface area (Å²) in [6.45, 7) is 4.93. The first-order chi connectivity index (χ1) is 15.1. The molecule has 1 aliphatic heterocycles. The highest BCUT2D eigenvalue weighted by molar-refractivity contribution is 5.69. The quantitative estimate of drug-likeness (QED) is 0.542. The van der Waals surface area contributed by atoms with Crippen molar-refractivity contribution < 1.29 is 19.0 Å². The van der Waals surface area contributed by atoms with Crippen molar-refractivity contribution in [3.63, 3.8) is 0 Å². The number of hydrogen-bond donors (Lipinski definition) is 3. The molecular weight excluding hydrogens is 395 g/mol. The molecule has 2 aromatic rings. The molecule has 3 N–H and O–H groups in total. The van der Waals surface area contributed by atoms with Crippen molar-refractivity contribution in [3.8, 4) is 11.1 Å². The van der Waals surface area contributed by atoms with E-state index >= 15 is 0 Å². The number of alkyl carbamates (subject to hydrolysis) is 1. The summed E-state index contributed by atoms with van der Waals surface area (Å²) in [5, 5.41) is 16.4. The van der Waals surface area contributed by atoms with Gasteiger partial charge in [0.2, 0.25) is 0 Å². The van der Waals surface area contributed by atoms with Crippen LogP contribution < -0.4 is 10.6 Å². The van der Waals surface area contributed by atoms with E-state index < -0.39 is 12.2 Å². The van der Waals surface area contributed by atoms with Gasteiger partial charge in [0.15, 0.2) is 0 Å². The molecule has 1 amide bonds. The molecule has 170 valence electrons. The van der Waals surface area contributed by atoms with Crippen LogP contribution in [-0.4, -0.2) is 37.9 Å². The molecule has 0 aromatic heterocycles. The molecule has 2 aromatic carbocycles. The smallest absolute Gasteiger partial charge is 0.406 e. The lowest BCUT2D eigenvalue weighted by molar-refractivity contribution is 0.158. The second kappa shape index (κ2) is 13.8. The Kier molecular flexibility index (Phi) is 11.0. The molecule has 1 fully saturated rings. The zero-order valence-corrected chi connectivity index (χ0v) is 18.6. The van der Waals surface area contributed by atoms with E-state index in [0.29, 0.717) is 30.5 Å². The molecule has 0 radical (unpaired) electrons. The van der Waals surface area contributed by atoms with Crippen molar-refractivity contribution in [2.75, 3.05) is 26.7 Å². The molecule has 1 atom stereocenters. The molecule has 1 unspecified atom stereocenters. The van der Waals surface area contributed by atoms with Crippen molar-refractivity contribution in [2.24, 2.45) is 0 Å². The van der Waals surface area contributed by atoms with Gasteiger partial charge < -0.3 is 20.5 Å². The Morgan fingerprint density at radius 2 is 1.94 bits per heavy atom. The van der Waals surface area contributed by atoms with E-state index in [1.165, 1.54) is 45.5 Å². The number of aliphatic hydroxyl groups excluding tert-OH is 1. The van der Waals surface area contributed by atoms with Gasteiger partial charge in [-0.25, -0.2) is 9.18 Å². The molecule has 0 spiro atoms. The topological polar surface area (TPSA) is 70.6 Å². The number of ether oxygens (including phenoxy) is 1. The summed E-state index contributed by atoms with van der Waals surface area (Å²) in [5.74, 6) is -0.350. The molecular formula is C25H35FN2O3. The Bertz CT molecular complexity index is 798. The number of methoxy groups -OCH3 is 1. The predicted molar refractivity (Wildman–Crippen MR) is 123 cm³/mol. The molecule has 5 nitrogen and oxygen atoms in total. The summed E-state index contributed by atoms with van der Waals surface area (Å²) in [6.07, 6.45) is 4.73.